The van der Waals surface area contributed by atoms with Crippen LogP contribution in [0.2, 0.25) is 0 Å². The average molecular weight is 307 g/mol. The molecular formula is C14H15BrN2O. The van der Waals surface area contributed by atoms with Gasteiger partial charge in [-0.3, -0.25) is 4.79 Å². The molecule has 0 saturated heterocycles. The molecule has 0 unspecified atom stereocenters. The van der Waals surface area contributed by atoms with Gasteiger partial charge in [-0.15, -0.1) is 0 Å². The Morgan fingerprint density at radius 3 is 2.94 bits per heavy atom. The third-order valence-electron chi connectivity index (χ3n) is 2.88. The molecule has 1 amide bonds. The minimum Gasteiger partial charge on any atom is -0.267 e. The van der Waals surface area contributed by atoms with E-state index >= 15 is 0 Å². The van der Waals surface area contributed by atoms with Crippen molar-refractivity contribution in [2.75, 3.05) is 0 Å². The summed E-state index contributed by atoms with van der Waals surface area (Å²) in [7, 11) is 0. The third kappa shape index (κ3) is 3.53. The third-order valence-corrected chi connectivity index (χ3v) is 3.57. The van der Waals surface area contributed by atoms with Crippen LogP contribution in [0.1, 0.15) is 29.6 Å². The Morgan fingerprint density at radius 2 is 2.22 bits per heavy atom. The van der Waals surface area contributed by atoms with Crippen molar-refractivity contribution >= 4 is 28.1 Å². The lowest BCUT2D eigenvalue weighted by Crippen LogP contribution is -2.19. The number of hydrogen-bond donors (Lipinski definition) is 1. The van der Waals surface area contributed by atoms with E-state index in [2.05, 4.69) is 38.6 Å². The standard InChI is InChI=1S/C14H15BrN2O/c15-13-9-5-4-8-12(13)14(18)17-16-10-11-6-2-1-3-7-11/h1-2,4-5,8-11H,3,6-7H2,(H,17,18)/b16-10-/t11-/m1/s1. The smallest absolute Gasteiger partial charge is 0.267 e. The molecule has 0 aromatic heterocycles. The van der Waals surface area contributed by atoms with Crippen LogP contribution in [-0.4, -0.2) is 12.1 Å². The second-order valence-electron chi connectivity index (χ2n) is 4.24. The molecule has 1 N–H and O–H groups in total. The number of benzene rings is 1. The maximum Gasteiger partial charge on any atom is 0.272 e. The summed E-state index contributed by atoms with van der Waals surface area (Å²) in [6.45, 7) is 0. The number of halogens is 1. The van der Waals surface area contributed by atoms with Gasteiger partial charge in [0.25, 0.3) is 5.91 Å². The van der Waals surface area contributed by atoms with E-state index in [0.29, 0.717) is 11.5 Å². The van der Waals surface area contributed by atoms with E-state index < -0.39 is 0 Å². The normalized spacial score (nSPS) is 19.1. The Morgan fingerprint density at radius 1 is 1.39 bits per heavy atom. The zero-order chi connectivity index (χ0) is 12.8. The second kappa shape index (κ2) is 6.50. The van der Waals surface area contributed by atoms with Gasteiger partial charge in [-0.2, -0.15) is 5.10 Å². The first-order chi connectivity index (χ1) is 8.77. The van der Waals surface area contributed by atoms with Gasteiger partial charge in [-0.1, -0.05) is 24.3 Å². The molecule has 1 aromatic rings. The van der Waals surface area contributed by atoms with Crippen LogP contribution in [0.5, 0.6) is 0 Å². The first kappa shape index (κ1) is 13.0. The first-order valence-electron chi connectivity index (χ1n) is 6.00. The molecule has 4 heteroatoms. The summed E-state index contributed by atoms with van der Waals surface area (Å²) in [5.74, 6) is 0.250. The summed E-state index contributed by atoms with van der Waals surface area (Å²) in [5, 5.41) is 4.03. The molecule has 0 heterocycles. The van der Waals surface area contributed by atoms with Crippen molar-refractivity contribution in [2.45, 2.75) is 19.3 Å². The highest BCUT2D eigenvalue weighted by atomic mass is 79.9. The molecule has 0 saturated carbocycles. The number of nitrogens with one attached hydrogen (secondary N) is 1. The van der Waals surface area contributed by atoms with Gasteiger partial charge in [-0.05, 0) is 53.2 Å². The highest BCUT2D eigenvalue weighted by Crippen LogP contribution is 2.16. The Hall–Kier alpha value is -1.42. The van der Waals surface area contributed by atoms with Crippen LogP contribution < -0.4 is 5.43 Å². The molecular weight excluding hydrogens is 292 g/mol. The number of hydrogen-bond acceptors (Lipinski definition) is 2. The molecule has 1 aromatic carbocycles. The largest absolute Gasteiger partial charge is 0.272 e. The molecule has 3 nitrogen and oxygen atoms in total. The predicted octanol–water partition coefficient (Wildman–Crippen LogP) is 3.52. The van der Waals surface area contributed by atoms with Gasteiger partial charge in [0, 0.05) is 10.7 Å². The van der Waals surface area contributed by atoms with Crippen LogP contribution in [0.3, 0.4) is 0 Å². The number of hydrazone groups is 1. The van der Waals surface area contributed by atoms with E-state index in [1.165, 1.54) is 0 Å². The molecule has 1 atom stereocenters. The zero-order valence-corrected chi connectivity index (χ0v) is 11.6. The van der Waals surface area contributed by atoms with E-state index in [9.17, 15) is 4.79 Å². The molecule has 0 radical (unpaired) electrons. The highest BCUT2D eigenvalue weighted by Gasteiger charge is 2.09. The number of amides is 1. The first-order valence-corrected chi connectivity index (χ1v) is 6.79. The predicted molar refractivity (Wildman–Crippen MR) is 76.6 cm³/mol. The van der Waals surface area contributed by atoms with Gasteiger partial charge in [0.15, 0.2) is 0 Å². The van der Waals surface area contributed by atoms with Gasteiger partial charge in [0.1, 0.15) is 0 Å². The summed E-state index contributed by atoms with van der Waals surface area (Å²) in [4.78, 5) is 11.8. The van der Waals surface area contributed by atoms with Crippen LogP contribution in [0.25, 0.3) is 0 Å². The monoisotopic (exact) mass is 306 g/mol. The topological polar surface area (TPSA) is 41.5 Å². The zero-order valence-electron chi connectivity index (χ0n) is 9.97. The molecule has 18 heavy (non-hydrogen) atoms. The van der Waals surface area contributed by atoms with Gasteiger partial charge in [0.2, 0.25) is 0 Å². The van der Waals surface area contributed by atoms with E-state index in [1.54, 1.807) is 6.07 Å². The Bertz CT molecular complexity index is 482. The Labute approximate surface area is 115 Å². The maximum absolute atomic E-state index is 11.8. The lowest BCUT2D eigenvalue weighted by Gasteiger charge is -2.11. The van der Waals surface area contributed by atoms with Gasteiger partial charge >= 0.3 is 0 Å². The van der Waals surface area contributed by atoms with Crippen LogP contribution in [0.15, 0.2) is 46.0 Å². The number of nitrogens with zero attached hydrogens (tertiary/aromatic N) is 1. The van der Waals surface area contributed by atoms with Crippen molar-refractivity contribution in [3.8, 4) is 0 Å². The summed E-state index contributed by atoms with van der Waals surface area (Å²) in [6.07, 6.45) is 9.38. The summed E-state index contributed by atoms with van der Waals surface area (Å²) >= 11 is 3.34. The molecule has 94 valence electrons. The van der Waals surface area contributed by atoms with Crippen molar-refractivity contribution < 1.29 is 4.79 Å². The van der Waals surface area contributed by atoms with Crippen LogP contribution in [-0.2, 0) is 0 Å². The molecule has 0 fully saturated rings. The molecule has 0 spiro atoms. The van der Waals surface area contributed by atoms with E-state index in [0.717, 1.165) is 23.7 Å². The number of carbonyl (C=O) groups excluding carboxylic acids is 1. The lowest BCUT2D eigenvalue weighted by molar-refractivity contribution is 0.0954. The molecule has 1 aliphatic carbocycles. The van der Waals surface area contributed by atoms with E-state index in [-0.39, 0.29) is 5.91 Å². The quantitative estimate of drug-likeness (QED) is 0.518. The van der Waals surface area contributed by atoms with Crippen molar-refractivity contribution in [2.24, 2.45) is 11.0 Å². The average Bonchev–Trinajstić information content (AvgIpc) is 2.40. The minimum atomic E-state index is -0.190. The van der Waals surface area contributed by atoms with Gasteiger partial charge in [-0.25, -0.2) is 5.43 Å². The van der Waals surface area contributed by atoms with E-state index in [4.69, 9.17) is 0 Å². The highest BCUT2D eigenvalue weighted by molar-refractivity contribution is 9.10. The van der Waals surface area contributed by atoms with E-state index in [1.807, 2.05) is 24.4 Å². The molecule has 1 aliphatic rings. The second-order valence-corrected chi connectivity index (χ2v) is 5.10. The summed E-state index contributed by atoms with van der Waals surface area (Å²) in [6, 6.07) is 7.30. The minimum absolute atomic E-state index is 0.190. The molecule has 0 bridgehead atoms. The summed E-state index contributed by atoms with van der Waals surface area (Å²) < 4.78 is 0.776. The van der Waals surface area contributed by atoms with Crippen molar-refractivity contribution in [3.05, 3.63) is 46.5 Å². The van der Waals surface area contributed by atoms with Crippen LogP contribution >= 0.6 is 15.9 Å². The number of carbonyl (C=O) groups is 1. The van der Waals surface area contributed by atoms with Crippen molar-refractivity contribution in [3.63, 3.8) is 0 Å². The Balaban J connectivity index is 1.90. The van der Waals surface area contributed by atoms with Crippen molar-refractivity contribution in [1.29, 1.82) is 0 Å². The molecule has 0 aliphatic heterocycles. The van der Waals surface area contributed by atoms with Crippen molar-refractivity contribution in [1.82, 2.24) is 5.43 Å². The van der Waals surface area contributed by atoms with Crippen LogP contribution in [0.4, 0.5) is 0 Å². The summed E-state index contributed by atoms with van der Waals surface area (Å²) in [5.41, 5.74) is 3.16. The molecule has 2 rings (SSSR count). The van der Waals surface area contributed by atoms with Crippen LogP contribution in [0, 0.1) is 5.92 Å². The fraction of sp³-hybridized carbons (Fsp3) is 0.286. The maximum atomic E-state index is 11.8. The lowest BCUT2D eigenvalue weighted by atomic mass is 9.96. The number of allylic oxidation sites excluding steroid dienone is 2. The van der Waals surface area contributed by atoms with Gasteiger partial charge in [0.05, 0.1) is 5.56 Å². The fourth-order valence-corrected chi connectivity index (χ4v) is 2.32. The van der Waals surface area contributed by atoms with Gasteiger partial charge < -0.3 is 0 Å². The SMILES string of the molecule is O=C(N/N=C\[C@@H]1CC=CCC1)c1ccccc1Br. The number of rotatable bonds is 3. The Kier molecular flexibility index (Phi) is 4.70. The fourth-order valence-electron chi connectivity index (χ4n) is 1.86.